The fourth-order valence-electron chi connectivity index (χ4n) is 1.55. The molecular formula is C12H12BrF3N4O. The molecule has 1 aromatic heterocycles. The van der Waals surface area contributed by atoms with Gasteiger partial charge < -0.3 is 15.1 Å². The van der Waals surface area contributed by atoms with Crippen molar-refractivity contribution in [3.8, 4) is 0 Å². The van der Waals surface area contributed by atoms with Crippen LogP contribution in [0, 0.1) is 0 Å². The molecule has 2 N–H and O–H groups in total. The SMILES string of the molecule is CCNCc1nnc(Nc2ccc(Br)c(C(F)(F)F)c2)o1. The van der Waals surface area contributed by atoms with Gasteiger partial charge in [0.1, 0.15) is 0 Å². The molecule has 1 heterocycles. The summed E-state index contributed by atoms with van der Waals surface area (Å²) < 4.78 is 43.6. The van der Waals surface area contributed by atoms with E-state index in [1.807, 2.05) is 6.92 Å². The molecule has 0 bridgehead atoms. The van der Waals surface area contributed by atoms with E-state index in [-0.39, 0.29) is 16.2 Å². The van der Waals surface area contributed by atoms with Gasteiger partial charge in [0.05, 0.1) is 12.1 Å². The molecule has 0 aliphatic heterocycles. The largest absolute Gasteiger partial charge is 0.417 e. The maximum Gasteiger partial charge on any atom is 0.417 e. The van der Waals surface area contributed by atoms with E-state index < -0.39 is 11.7 Å². The fraction of sp³-hybridized carbons (Fsp3) is 0.333. The molecule has 0 amide bonds. The van der Waals surface area contributed by atoms with Gasteiger partial charge in [0.15, 0.2) is 0 Å². The third-order valence-corrected chi connectivity index (χ3v) is 3.21. The zero-order valence-electron chi connectivity index (χ0n) is 11.0. The van der Waals surface area contributed by atoms with E-state index in [9.17, 15) is 13.2 Å². The van der Waals surface area contributed by atoms with Crippen LogP contribution < -0.4 is 10.6 Å². The molecule has 0 radical (unpaired) electrons. The van der Waals surface area contributed by atoms with Gasteiger partial charge in [-0.3, -0.25) is 0 Å². The van der Waals surface area contributed by atoms with Gasteiger partial charge in [0.2, 0.25) is 5.89 Å². The normalized spacial score (nSPS) is 11.7. The lowest BCUT2D eigenvalue weighted by atomic mass is 10.2. The van der Waals surface area contributed by atoms with Crippen LogP contribution in [-0.4, -0.2) is 16.7 Å². The number of anilines is 2. The minimum Gasteiger partial charge on any atom is -0.406 e. The van der Waals surface area contributed by atoms with E-state index in [2.05, 4.69) is 36.8 Å². The van der Waals surface area contributed by atoms with Crippen molar-refractivity contribution in [2.24, 2.45) is 0 Å². The highest BCUT2D eigenvalue weighted by molar-refractivity contribution is 9.10. The second-order valence-corrected chi connectivity index (χ2v) is 4.95. The number of rotatable bonds is 5. The summed E-state index contributed by atoms with van der Waals surface area (Å²) in [5.74, 6) is 0.354. The Labute approximate surface area is 127 Å². The molecule has 21 heavy (non-hydrogen) atoms. The van der Waals surface area contributed by atoms with Gasteiger partial charge in [-0.15, -0.1) is 5.10 Å². The van der Waals surface area contributed by atoms with Crippen molar-refractivity contribution in [1.29, 1.82) is 0 Å². The Morgan fingerprint density at radius 1 is 1.29 bits per heavy atom. The smallest absolute Gasteiger partial charge is 0.406 e. The highest BCUT2D eigenvalue weighted by Gasteiger charge is 2.33. The molecule has 0 aliphatic carbocycles. The van der Waals surface area contributed by atoms with E-state index in [4.69, 9.17) is 4.42 Å². The van der Waals surface area contributed by atoms with Crippen molar-refractivity contribution in [2.45, 2.75) is 19.6 Å². The van der Waals surface area contributed by atoms with Gasteiger partial charge in [-0.1, -0.05) is 28.0 Å². The molecule has 5 nitrogen and oxygen atoms in total. The Hall–Kier alpha value is -1.61. The summed E-state index contributed by atoms with van der Waals surface area (Å²) in [6.45, 7) is 3.07. The van der Waals surface area contributed by atoms with Crippen LogP contribution in [-0.2, 0) is 12.7 Å². The molecule has 2 rings (SSSR count). The molecule has 0 saturated heterocycles. The van der Waals surface area contributed by atoms with E-state index in [1.54, 1.807) is 0 Å². The molecule has 1 aromatic carbocycles. The molecule has 0 saturated carbocycles. The van der Waals surface area contributed by atoms with Crippen molar-refractivity contribution < 1.29 is 17.6 Å². The molecule has 0 fully saturated rings. The molecule has 0 spiro atoms. The molecule has 2 aromatic rings. The Morgan fingerprint density at radius 2 is 2.05 bits per heavy atom. The van der Waals surface area contributed by atoms with Gasteiger partial charge in [0, 0.05) is 10.2 Å². The highest BCUT2D eigenvalue weighted by atomic mass is 79.9. The first kappa shape index (κ1) is 15.8. The predicted molar refractivity (Wildman–Crippen MR) is 74.1 cm³/mol. The average molecular weight is 365 g/mol. The number of alkyl halides is 3. The molecular weight excluding hydrogens is 353 g/mol. The Bertz CT molecular complexity index is 615. The number of hydrogen-bond acceptors (Lipinski definition) is 5. The van der Waals surface area contributed by atoms with Gasteiger partial charge in [-0.25, -0.2) is 0 Å². The van der Waals surface area contributed by atoms with Crippen molar-refractivity contribution in [3.05, 3.63) is 34.1 Å². The van der Waals surface area contributed by atoms with Crippen LogP contribution in [0.15, 0.2) is 27.1 Å². The molecule has 114 valence electrons. The summed E-state index contributed by atoms with van der Waals surface area (Å²) in [6.07, 6.45) is -4.44. The first-order chi connectivity index (χ1) is 9.90. The van der Waals surface area contributed by atoms with Gasteiger partial charge >= 0.3 is 12.2 Å². The third-order valence-electron chi connectivity index (χ3n) is 2.52. The van der Waals surface area contributed by atoms with Crippen LogP contribution in [0.3, 0.4) is 0 Å². The number of aromatic nitrogens is 2. The average Bonchev–Trinajstić information content (AvgIpc) is 2.85. The number of nitrogens with zero attached hydrogens (tertiary/aromatic N) is 2. The minimum absolute atomic E-state index is 0.0288. The maximum atomic E-state index is 12.8. The number of halogens is 4. The summed E-state index contributed by atoms with van der Waals surface area (Å²) in [6, 6.07) is 3.80. The summed E-state index contributed by atoms with van der Waals surface area (Å²) in [4.78, 5) is 0. The van der Waals surface area contributed by atoms with Gasteiger partial charge in [0.25, 0.3) is 0 Å². The standard InChI is InChI=1S/C12H12BrF3N4O/c1-2-17-6-10-19-20-11(21-10)18-7-3-4-9(13)8(5-7)12(14,15)16/h3-5,17H,2,6H2,1H3,(H,18,20). The Kier molecular flexibility index (Phi) is 4.84. The van der Waals surface area contributed by atoms with E-state index >= 15 is 0 Å². The number of benzene rings is 1. The van der Waals surface area contributed by atoms with Crippen LogP contribution in [0.2, 0.25) is 0 Å². The molecule has 0 aliphatic rings. The zero-order valence-corrected chi connectivity index (χ0v) is 12.5. The van der Waals surface area contributed by atoms with E-state index in [1.165, 1.54) is 12.1 Å². The summed E-state index contributed by atoms with van der Waals surface area (Å²) in [5, 5.41) is 13.1. The predicted octanol–water partition coefficient (Wildman–Crippen LogP) is 3.70. The first-order valence-corrected chi connectivity index (χ1v) is 6.86. The van der Waals surface area contributed by atoms with Crippen LogP contribution in [0.4, 0.5) is 24.9 Å². The summed E-state index contributed by atoms with van der Waals surface area (Å²) >= 11 is 2.88. The molecule has 9 heteroatoms. The summed E-state index contributed by atoms with van der Waals surface area (Å²) in [7, 11) is 0. The van der Waals surface area contributed by atoms with Gasteiger partial charge in [-0.2, -0.15) is 13.2 Å². The number of hydrogen-bond donors (Lipinski definition) is 2. The van der Waals surface area contributed by atoms with Crippen molar-refractivity contribution in [1.82, 2.24) is 15.5 Å². The Morgan fingerprint density at radius 3 is 2.71 bits per heavy atom. The summed E-state index contributed by atoms with van der Waals surface area (Å²) in [5.41, 5.74) is -0.566. The van der Waals surface area contributed by atoms with Crippen LogP contribution in [0.25, 0.3) is 0 Å². The topological polar surface area (TPSA) is 63.0 Å². The van der Waals surface area contributed by atoms with E-state index in [0.717, 1.165) is 12.6 Å². The van der Waals surface area contributed by atoms with Crippen molar-refractivity contribution in [3.63, 3.8) is 0 Å². The van der Waals surface area contributed by atoms with Crippen LogP contribution in [0.1, 0.15) is 18.4 Å². The van der Waals surface area contributed by atoms with Crippen molar-refractivity contribution in [2.75, 3.05) is 11.9 Å². The molecule has 0 unspecified atom stereocenters. The maximum absolute atomic E-state index is 12.8. The van der Waals surface area contributed by atoms with Gasteiger partial charge in [-0.05, 0) is 24.7 Å². The Balaban J connectivity index is 2.14. The van der Waals surface area contributed by atoms with E-state index in [0.29, 0.717) is 12.4 Å². The second-order valence-electron chi connectivity index (χ2n) is 4.10. The fourth-order valence-corrected chi connectivity index (χ4v) is 2.02. The number of nitrogens with one attached hydrogen (secondary N) is 2. The lowest BCUT2D eigenvalue weighted by Crippen LogP contribution is -2.11. The quantitative estimate of drug-likeness (QED) is 0.846. The monoisotopic (exact) mass is 364 g/mol. The lowest BCUT2D eigenvalue weighted by Gasteiger charge is -2.10. The van der Waals surface area contributed by atoms with Crippen LogP contribution in [0.5, 0.6) is 0 Å². The second kappa shape index (κ2) is 6.44. The minimum atomic E-state index is -4.44. The highest BCUT2D eigenvalue weighted by Crippen LogP contribution is 2.36. The zero-order chi connectivity index (χ0) is 15.5. The van der Waals surface area contributed by atoms with Crippen LogP contribution >= 0.6 is 15.9 Å². The first-order valence-electron chi connectivity index (χ1n) is 6.07. The molecule has 0 atom stereocenters. The third kappa shape index (κ3) is 4.18. The lowest BCUT2D eigenvalue weighted by molar-refractivity contribution is -0.138. The van der Waals surface area contributed by atoms with Crippen molar-refractivity contribution >= 4 is 27.6 Å².